The highest BCUT2D eigenvalue weighted by Gasteiger charge is 2.17. The zero-order valence-electron chi connectivity index (χ0n) is 12.7. The largest absolute Gasteiger partial charge is 0.379 e. The van der Waals surface area contributed by atoms with Gasteiger partial charge in [0.2, 0.25) is 0 Å². The maximum atomic E-state index is 5.44. The fraction of sp³-hybridized carbons (Fsp3) is 0.529. The minimum absolute atomic E-state index is 0.491. The molecule has 1 saturated heterocycles. The van der Waals surface area contributed by atoms with Gasteiger partial charge < -0.3 is 9.30 Å². The van der Waals surface area contributed by atoms with Crippen LogP contribution in [0, 0.1) is 6.92 Å². The zero-order valence-corrected chi connectivity index (χ0v) is 12.7. The number of benzene rings is 1. The van der Waals surface area contributed by atoms with Crippen molar-refractivity contribution in [3.05, 3.63) is 35.5 Å². The van der Waals surface area contributed by atoms with Gasteiger partial charge in [0.1, 0.15) is 0 Å². The van der Waals surface area contributed by atoms with E-state index in [4.69, 9.17) is 4.74 Å². The Hall–Kier alpha value is -1.32. The summed E-state index contributed by atoms with van der Waals surface area (Å²) in [6, 6.07) is 9.47. The molecule has 1 aliphatic rings. The van der Waals surface area contributed by atoms with Crippen molar-refractivity contribution >= 4 is 10.9 Å². The Bertz CT molecular complexity index is 594. The minimum Gasteiger partial charge on any atom is -0.379 e. The molecule has 0 atom stereocenters. The Morgan fingerprint density at radius 3 is 2.65 bits per heavy atom. The van der Waals surface area contributed by atoms with E-state index in [1.165, 1.54) is 22.2 Å². The normalized spacial score (nSPS) is 17.2. The number of morpholine rings is 1. The fourth-order valence-corrected chi connectivity index (χ4v) is 3.17. The van der Waals surface area contributed by atoms with Gasteiger partial charge in [-0.2, -0.15) is 0 Å². The SMILES string of the molecule is Cc1cccc2c1cc(CN1CCOCC1)n2C(C)C. The molecule has 0 spiro atoms. The predicted molar refractivity (Wildman–Crippen MR) is 83.2 cm³/mol. The van der Waals surface area contributed by atoms with Gasteiger partial charge in [0.15, 0.2) is 0 Å². The highest BCUT2D eigenvalue weighted by Crippen LogP contribution is 2.27. The van der Waals surface area contributed by atoms with Crippen LogP contribution in [0.4, 0.5) is 0 Å². The average molecular weight is 272 g/mol. The average Bonchev–Trinajstić information content (AvgIpc) is 2.79. The van der Waals surface area contributed by atoms with Gasteiger partial charge in [-0.15, -0.1) is 0 Å². The quantitative estimate of drug-likeness (QED) is 0.852. The van der Waals surface area contributed by atoms with Gasteiger partial charge in [-0.05, 0) is 38.5 Å². The molecule has 20 heavy (non-hydrogen) atoms. The van der Waals surface area contributed by atoms with E-state index < -0.39 is 0 Å². The highest BCUT2D eigenvalue weighted by atomic mass is 16.5. The maximum absolute atomic E-state index is 5.44. The highest BCUT2D eigenvalue weighted by molar-refractivity contribution is 5.84. The van der Waals surface area contributed by atoms with Gasteiger partial charge in [0, 0.05) is 42.3 Å². The van der Waals surface area contributed by atoms with Crippen molar-refractivity contribution in [2.75, 3.05) is 26.3 Å². The molecule has 3 nitrogen and oxygen atoms in total. The Balaban J connectivity index is 2.00. The first-order chi connectivity index (χ1) is 9.66. The van der Waals surface area contributed by atoms with Crippen LogP contribution in [0.1, 0.15) is 31.1 Å². The number of rotatable bonds is 3. The van der Waals surface area contributed by atoms with Crippen molar-refractivity contribution in [3.63, 3.8) is 0 Å². The molecule has 1 aromatic heterocycles. The first-order valence-electron chi connectivity index (χ1n) is 7.56. The van der Waals surface area contributed by atoms with Gasteiger partial charge in [-0.25, -0.2) is 0 Å². The molecule has 1 fully saturated rings. The van der Waals surface area contributed by atoms with Crippen LogP contribution in [0.3, 0.4) is 0 Å². The van der Waals surface area contributed by atoms with Crippen LogP contribution in [0.2, 0.25) is 0 Å². The molecular weight excluding hydrogens is 248 g/mol. The van der Waals surface area contributed by atoms with Crippen LogP contribution in [-0.2, 0) is 11.3 Å². The van der Waals surface area contributed by atoms with E-state index >= 15 is 0 Å². The van der Waals surface area contributed by atoms with Crippen LogP contribution in [0.25, 0.3) is 10.9 Å². The smallest absolute Gasteiger partial charge is 0.0594 e. The number of aromatic nitrogens is 1. The second-order valence-electron chi connectivity index (χ2n) is 6.00. The number of nitrogens with zero attached hydrogens (tertiary/aromatic N) is 2. The lowest BCUT2D eigenvalue weighted by molar-refractivity contribution is 0.0331. The summed E-state index contributed by atoms with van der Waals surface area (Å²) in [6.45, 7) is 11.6. The summed E-state index contributed by atoms with van der Waals surface area (Å²) in [6.07, 6.45) is 0. The topological polar surface area (TPSA) is 17.4 Å². The Morgan fingerprint density at radius 2 is 1.95 bits per heavy atom. The first kappa shape index (κ1) is 13.7. The summed E-state index contributed by atoms with van der Waals surface area (Å²) >= 11 is 0. The van der Waals surface area contributed by atoms with Crippen LogP contribution < -0.4 is 0 Å². The molecule has 0 unspecified atom stereocenters. The number of hydrogen-bond donors (Lipinski definition) is 0. The van der Waals surface area contributed by atoms with Crippen molar-refractivity contribution in [1.82, 2.24) is 9.47 Å². The van der Waals surface area contributed by atoms with Gasteiger partial charge in [0.05, 0.1) is 13.2 Å². The number of ether oxygens (including phenoxy) is 1. The third-order valence-corrected chi connectivity index (χ3v) is 4.19. The zero-order chi connectivity index (χ0) is 14.1. The molecule has 108 valence electrons. The Kier molecular flexibility index (Phi) is 3.81. The molecule has 0 N–H and O–H groups in total. The molecular formula is C17H24N2O. The van der Waals surface area contributed by atoms with E-state index in [9.17, 15) is 0 Å². The fourth-order valence-electron chi connectivity index (χ4n) is 3.17. The second-order valence-corrected chi connectivity index (χ2v) is 6.00. The summed E-state index contributed by atoms with van der Waals surface area (Å²) in [5.41, 5.74) is 4.15. The summed E-state index contributed by atoms with van der Waals surface area (Å²) < 4.78 is 7.93. The standard InChI is InChI=1S/C17H24N2O/c1-13(2)19-15(12-18-7-9-20-10-8-18)11-16-14(3)5-4-6-17(16)19/h4-6,11,13H,7-10,12H2,1-3H3. The molecule has 1 aliphatic heterocycles. The van der Waals surface area contributed by atoms with Crippen molar-refractivity contribution in [2.24, 2.45) is 0 Å². The van der Waals surface area contributed by atoms with E-state index in [2.05, 4.69) is 54.5 Å². The molecule has 0 aliphatic carbocycles. The van der Waals surface area contributed by atoms with Crippen LogP contribution >= 0.6 is 0 Å². The van der Waals surface area contributed by atoms with E-state index in [1.54, 1.807) is 0 Å². The Morgan fingerprint density at radius 1 is 1.20 bits per heavy atom. The van der Waals surface area contributed by atoms with E-state index in [0.29, 0.717) is 6.04 Å². The minimum atomic E-state index is 0.491. The molecule has 1 aromatic carbocycles. The van der Waals surface area contributed by atoms with E-state index in [1.807, 2.05) is 0 Å². The van der Waals surface area contributed by atoms with Crippen LogP contribution in [-0.4, -0.2) is 35.8 Å². The van der Waals surface area contributed by atoms with Gasteiger partial charge in [0.25, 0.3) is 0 Å². The molecule has 0 amide bonds. The maximum Gasteiger partial charge on any atom is 0.0594 e. The second kappa shape index (κ2) is 5.58. The molecule has 2 heterocycles. The van der Waals surface area contributed by atoms with E-state index in [0.717, 1.165) is 32.8 Å². The lowest BCUT2D eigenvalue weighted by Crippen LogP contribution is -2.36. The summed E-state index contributed by atoms with van der Waals surface area (Å²) in [5, 5.41) is 1.39. The predicted octanol–water partition coefficient (Wildman–Crippen LogP) is 3.36. The van der Waals surface area contributed by atoms with Crippen molar-refractivity contribution in [2.45, 2.75) is 33.4 Å². The van der Waals surface area contributed by atoms with Crippen molar-refractivity contribution in [3.8, 4) is 0 Å². The lowest BCUT2D eigenvalue weighted by Gasteiger charge is -2.27. The van der Waals surface area contributed by atoms with Crippen molar-refractivity contribution in [1.29, 1.82) is 0 Å². The molecule has 0 radical (unpaired) electrons. The Labute approximate surface area is 121 Å². The monoisotopic (exact) mass is 272 g/mol. The first-order valence-corrected chi connectivity index (χ1v) is 7.56. The van der Waals surface area contributed by atoms with Gasteiger partial charge in [-0.3, -0.25) is 4.90 Å². The molecule has 3 heteroatoms. The molecule has 2 aromatic rings. The lowest BCUT2D eigenvalue weighted by atomic mass is 10.1. The number of aryl methyl sites for hydroxylation is 1. The summed E-state index contributed by atoms with van der Waals surface area (Å²) in [7, 11) is 0. The van der Waals surface area contributed by atoms with Crippen molar-refractivity contribution < 1.29 is 4.74 Å². The van der Waals surface area contributed by atoms with Gasteiger partial charge in [-0.1, -0.05) is 12.1 Å². The van der Waals surface area contributed by atoms with E-state index in [-0.39, 0.29) is 0 Å². The summed E-state index contributed by atoms with van der Waals surface area (Å²) in [5.74, 6) is 0. The number of hydrogen-bond acceptors (Lipinski definition) is 2. The third-order valence-electron chi connectivity index (χ3n) is 4.19. The third kappa shape index (κ3) is 2.48. The van der Waals surface area contributed by atoms with Crippen LogP contribution in [0.5, 0.6) is 0 Å². The summed E-state index contributed by atoms with van der Waals surface area (Å²) in [4.78, 5) is 2.49. The van der Waals surface area contributed by atoms with Gasteiger partial charge >= 0.3 is 0 Å². The molecule has 0 bridgehead atoms. The molecule has 3 rings (SSSR count). The molecule has 0 saturated carbocycles. The van der Waals surface area contributed by atoms with Crippen LogP contribution in [0.15, 0.2) is 24.3 Å². The number of fused-ring (bicyclic) bond motifs is 1.